The van der Waals surface area contributed by atoms with Crippen LogP contribution in [0.3, 0.4) is 0 Å². The van der Waals surface area contributed by atoms with Gasteiger partial charge in [-0.1, -0.05) is 0 Å². The van der Waals surface area contributed by atoms with Crippen LogP contribution in [0.1, 0.15) is 19.3 Å². The van der Waals surface area contributed by atoms with Gasteiger partial charge < -0.3 is 5.73 Å². The van der Waals surface area contributed by atoms with E-state index in [1.807, 2.05) is 0 Å². The van der Waals surface area contributed by atoms with Crippen LogP contribution in [-0.2, 0) is 19.9 Å². The average Bonchev–Trinajstić information content (AvgIpc) is 2.08. The molecule has 1 saturated carbocycles. The smallest absolute Gasteiger partial charge is 0.212 e. The molecule has 16 heavy (non-hydrogen) atoms. The molecule has 0 heterocycles. The minimum atomic E-state index is -3.53. The fraction of sp³-hybridized carbons (Fsp3) is 1.00. The first-order valence-electron chi connectivity index (χ1n) is 5.06. The van der Waals surface area contributed by atoms with E-state index in [0.717, 1.165) is 25.5 Å². The number of sulfone groups is 1. The van der Waals surface area contributed by atoms with E-state index in [1.54, 1.807) is 0 Å². The Morgan fingerprint density at radius 1 is 1.19 bits per heavy atom. The fourth-order valence-electron chi connectivity index (χ4n) is 1.39. The summed E-state index contributed by atoms with van der Waals surface area (Å²) in [6.07, 6.45) is 3.64. The highest BCUT2D eigenvalue weighted by atomic mass is 32.2. The molecule has 0 bridgehead atoms. The molecule has 8 heteroatoms. The molecule has 0 unspecified atom stereocenters. The van der Waals surface area contributed by atoms with Crippen LogP contribution in [0.5, 0.6) is 0 Å². The number of hydrogen-bond acceptors (Lipinski definition) is 5. The average molecular weight is 270 g/mol. The zero-order valence-electron chi connectivity index (χ0n) is 9.27. The normalized spacial score (nSPS) is 20.4. The molecule has 0 aromatic carbocycles. The molecular formula is C8H18N2O4S2. The van der Waals surface area contributed by atoms with Crippen LogP contribution in [0.15, 0.2) is 0 Å². The van der Waals surface area contributed by atoms with Gasteiger partial charge in [0.1, 0.15) is 9.84 Å². The molecule has 96 valence electrons. The summed E-state index contributed by atoms with van der Waals surface area (Å²) >= 11 is 0. The van der Waals surface area contributed by atoms with E-state index in [4.69, 9.17) is 5.73 Å². The second-order valence-corrected chi connectivity index (χ2v) is 8.67. The van der Waals surface area contributed by atoms with Crippen molar-refractivity contribution >= 4 is 19.9 Å². The zero-order valence-corrected chi connectivity index (χ0v) is 10.9. The Labute approximate surface area is 96.6 Å². The summed E-state index contributed by atoms with van der Waals surface area (Å²) < 4.78 is 46.9. The van der Waals surface area contributed by atoms with Crippen molar-refractivity contribution in [3.05, 3.63) is 0 Å². The summed E-state index contributed by atoms with van der Waals surface area (Å²) in [5.41, 5.74) is 5.41. The van der Waals surface area contributed by atoms with Crippen molar-refractivity contribution < 1.29 is 16.8 Å². The van der Waals surface area contributed by atoms with Gasteiger partial charge in [-0.3, -0.25) is 0 Å². The van der Waals surface area contributed by atoms with Gasteiger partial charge in [0, 0.05) is 18.3 Å². The van der Waals surface area contributed by atoms with Crippen molar-refractivity contribution in [2.45, 2.75) is 24.8 Å². The van der Waals surface area contributed by atoms with E-state index in [1.165, 1.54) is 0 Å². The SMILES string of the molecule is CS(=O)(=O)CCS(=O)(=O)NCC1(N)CCC1. The molecule has 1 fully saturated rings. The molecule has 0 amide bonds. The van der Waals surface area contributed by atoms with Crippen LogP contribution in [0.25, 0.3) is 0 Å². The van der Waals surface area contributed by atoms with E-state index in [0.29, 0.717) is 0 Å². The maximum absolute atomic E-state index is 11.4. The molecule has 0 saturated heterocycles. The number of sulfonamides is 1. The molecule has 0 aromatic rings. The third-order valence-electron chi connectivity index (χ3n) is 2.72. The highest BCUT2D eigenvalue weighted by molar-refractivity contribution is 7.93. The monoisotopic (exact) mass is 270 g/mol. The first kappa shape index (κ1) is 13.9. The van der Waals surface area contributed by atoms with E-state index in [-0.39, 0.29) is 12.3 Å². The van der Waals surface area contributed by atoms with Crippen LogP contribution < -0.4 is 10.5 Å². The lowest BCUT2D eigenvalue weighted by Gasteiger charge is -2.37. The van der Waals surface area contributed by atoms with Gasteiger partial charge >= 0.3 is 0 Å². The van der Waals surface area contributed by atoms with E-state index >= 15 is 0 Å². The summed E-state index contributed by atoms with van der Waals surface area (Å²) in [6, 6.07) is 0. The number of nitrogens with two attached hydrogens (primary N) is 1. The minimum Gasteiger partial charge on any atom is -0.324 e. The van der Waals surface area contributed by atoms with Crippen molar-refractivity contribution in [2.75, 3.05) is 24.3 Å². The lowest BCUT2D eigenvalue weighted by molar-refractivity contribution is 0.251. The summed E-state index contributed by atoms with van der Waals surface area (Å²) in [6.45, 7) is 0.194. The van der Waals surface area contributed by atoms with Gasteiger partial charge in [-0.2, -0.15) is 0 Å². The molecule has 6 nitrogen and oxygen atoms in total. The van der Waals surface area contributed by atoms with Crippen LogP contribution in [0, 0.1) is 0 Å². The molecule has 0 aromatic heterocycles. The second-order valence-electron chi connectivity index (χ2n) is 4.49. The van der Waals surface area contributed by atoms with Crippen LogP contribution in [0.4, 0.5) is 0 Å². The van der Waals surface area contributed by atoms with E-state index in [9.17, 15) is 16.8 Å². The lowest BCUT2D eigenvalue weighted by atomic mass is 9.78. The summed E-state index contributed by atoms with van der Waals surface area (Å²) in [5, 5.41) is 0. The van der Waals surface area contributed by atoms with Gasteiger partial charge in [0.2, 0.25) is 10.0 Å². The molecule has 1 rings (SSSR count). The standard InChI is InChI=1S/C8H18N2O4S2/c1-15(11,12)5-6-16(13,14)10-7-8(9)3-2-4-8/h10H,2-7,9H2,1H3. The predicted molar refractivity (Wildman–Crippen MR) is 62.3 cm³/mol. The first-order chi connectivity index (χ1) is 7.12. The fourth-order valence-corrected chi connectivity index (χ4v) is 4.13. The van der Waals surface area contributed by atoms with E-state index in [2.05, 4.69) is 4.72 Å². The lowest BCUT2D eigenvalue weighted by Crippen LogP contribution is -2.55. The highest BCUT2D eigenvalue weighted by Gasteiger charge is 2.33. The summed E-state index contributed by atoms with van der Waals surface area (Å²) in [5.74, 6) is -0.762. The van der Waals surface area contributed by atoms with Crippen LogP contribution in [-0.4, -0.2) is 46.7 Å². The van der Waals surface area contributed by atoms with Crippen molar-refractivity contribution in [2.24, 2.45) is 5.73 Å². The maximum atomic E-state index is 11.4. The van der Waals surface area contributed by atoms with Gasteiger partial charge in [0.25, 0.3) is 0 Å². The van der Waals surface area contributed by atoms with Gasteiger partial charge in [-0.15, -0.1) is 0 Å². The third kappa shape index (κ3) is 4.77. The van der Waals surface area contributed by atoms with Crippen LogP contribution >= 0.6 is 0 Å². The molecule has 1 aliphatic carbocycles. The Kier molecular flexibility index (Phi) is 3.99. The van der Waals surface area contributed by atoms with Crippen molar-refractivity contribution in [3.63, 3.8) is 0 Å². The molecule has 0 aliphatic heterocycles. The Balaban J connectivity index is 2.40. The molecule has 0 atom stereocenters. The van der Waals surface area contributed by atoms with Crippen molar-refractivity contribution in [1.82, 2.24) is 4.72 Å². The molecule has 1 aliphatic rings. The number of rotatable bonds is 6. The predicted octanol–water partition coefficient (Wildman–Crippen LogP) is -1.17. The van der Waals surface area contributed by atoms with Crippen LogP contribution in [0.2, 0.25) is 0 Å². The van der Waals surface area contributed by atoms with Crippen molar-refractivity contribution in [1.29, 1.82) is 0 Å². The highest BCUT2D eigenvalue weighted by Crippen LogP contribution is 2.28. The maximum Gasteiger partial charge on any atom is 0.212 e. The summed E-state index contributed by atoms with van der Waals surface area (Å²) in [7, 11) is -6.79. The minimum absolute atomic E-state index is 0.194. The topological polar surface area (TPSA) is 106 Å². The number of nitrogens with one attached hydrogen (secondary N) is 1. The number of hydrogen-bond donors (Lipinski definition) is 2. The quantitative estimate of drug-likeness (QED) is 0.632. The Bertz CT molecular complexity index is 437. The summed E-state index contributed by atoms with van der Waals surface area (Å²) in [4.78, 5) is 0. The first-order valence-corrected chi connectivity index (χ1v) is 8.77. The van der Waals surface area contributed by atoms with Gasteiger partial charge in [-0.25, -0.2) is 21.6 Å². The third-order valence-corrected chi connectivity index (χ3v) is 5.25. The van der Waals surface area contributed by atoms with Gasteiger partial charge in [-0.05, 0) is 19.3 Å². The molecule has 0 spiro atoms. The Hall–Kier alpha value is -0.180. The molecule has 0 radical (unpaired) electrons. The second kappa shape index (κ2) is 4.59. The molecular weight excluding hydrogens is 252 g/mol. The van der Waals surface area contributed by atoms with Crippen molar-refractivity contribution in [3.8, 4) is 0 Å². The Morgan fingerprint density at radius 2 is 1.75 bits per heavy atom. The van der Waals surface area contributed by atoms with Gasteiger partial charge in [0.15, 0.2) is 0 Å². The van der Waals surface area contributed by atoms with E-state index < -0.39 is 31.2 Å². The van der Waals surface area contributed by atoms with Gasteiger partial charge in [0.05, 0.1) is 11.5 Å². The zero-order chi connectivity index (χ0) is 12.4. The molecule has 3 N–H and O–H groups in total. The Morgan fingerprint density at radius 3 is 2.12 bits per heavy atom. The largest absolute Gasteiger partial charge is 0.324 e.